The second kappa shape index (κ2) is 5.80. The predicted molar refractivity (Wildman–Crippen MR) is 80.0 cm³/mol. The quantitative estimate of drug-likeness (QED) is 0.852. The lowest BCUT2D eigenvalue weighted by Gasteiger charge is -2.28. The highest BCUT2D eigenvalue weighted by molar-refractivity contribution is 5.82. The lowest BCUT2D eigenvalue weighted by atomic mass is 10.2. The highest BCUT2D eigenvalue weighted by Gasteiger charge is 2.35. The molecule has 1 aromatic rings. The molecule has 2 aliphatic heterocycles. The third-order valence-electron chi connectivity index (χ3n) is 4.51. The Morgan fingerprint density at radius 1 is 1.23 bits per heavy atom. The van der Waals surface area contributed by atoms with Crippen molar-refractivity contribution in [1.82, 2.24) is 4.90 Å². The Kier molecular flexibility index (Phi) is 3.66. The minimum Gasteiger partial charge on any atom is -0.485 e. The molecule has 118 valence electrons. The van der Waals surface area contributed by atoms with Crippen LogP contribution in [0.4, 0.5) is 0 Å². The van der Waals surface area contributed by atoms with Crippen molar-refractivity contribution in [3.8, 4) is 11.5 Å². The van der Waals surface area contributed by atoms with Gasteiger partial charge in [0.25, 0.3) is 5.91 Å². The van der Waals surface area contributed by atoms with Gasteiger partial charge in [-0.1, -0.05) is 12.1 Å². The fourth-order valence-corrected chi connectivity index (χ4v) is 2.97. The summed E-state index contributed by atoms with van der Waals surface area (Å²) in [6.45, 7) is 2.55. The van der Waals surface area contributed by atoms with Gasteiger partial charge in [-0.05, 0) is 37.3 Å². The predicted octanol–water partition coefficient (Wildman–Crippen LogP) is 1.85. The Morgan fingerprint density at radius 3 is 2.86 bits per heavy atom. The first-order valence-corrected chi connectivity index (χ1v) is 8.08. The van der Waals surface area contributed by atoms with Crippen molar-refractivity contribution in [2.45, 2.75) is 31.5 Å². The van der Waals surface area contributed by atoms with Crippen LogP contribution in [0.2, 0.25) is 0 Å². The van der Waals surface area contributed by atoms with E-state index in [0.717, 1.165) is 25.5 Å². The summed E-state index contributed by atoms with van der Waals surface area (Å²) in [5.41, 5.74) is 0. The van der Waals surface area contributed by atoms with Crippen molar-refractivity contribution in [2.24, 2.45) is 5.92 Å². The summed E-state index contributed by atoms with van der Waals surface area (Å²) >= 11 is 0. The molecule has 1 saturated heterocycles. The maximum Gasteiger partial charge on any atom is 0.267 e. The standard InChI is InChI=1S/C17H21NO4/c19-17(16-11-21-14-3-1-2-4-15(14)22-16)18-8-7-13(9-18)20-10-12-5-6-12/h1-4,12-13,16H,5-11H2. The molecule has 4 rings (SSSR count). The molecule has 0 aromatic heterocycles. The number of hydrogen-bond donors (Lipinski definition) is 0. The number of likely N-dealkylation sites (tertiary alicyclic amines) is 1. The van der Waals surface area contributed by atoms with Crippen molar-refractivity contribution >= 4 is 5.91 Å². The number of para-hydroxylation sites is 2. The molecule has 1 saturated carbocycles. The Hall–Kier alpha value is -1.75. The number of fused-ring (bicyclic) bond motifs is 1. The Bertz CT molecular complexity index is 557. The minimum absolute atomic E-state index is 0.00650. The largest absolute Gasteiger partial charge is 0.485 e. The maximum absolute atomic E-state index is 12.6. The molecule has 0 N–H and O–H groups in total. The number of carbonyl (C=O) groups excluding carboxylic acids is 1. The van der Waals surface area contributed by atoms with Crippen LogP contribution in [0.3, 0.4) is 0 Å². The molecule has 0 bridgehead atoms. The van der Waals surface area contributed by atoms with Crippen LogP contribution in [0, 0.1) is 5.92 Å². The summed E-state index contributed by atoms with van der Waals surface area (Å²) in [6, 6.07) is 7.47. The topological polar surface area (TPSA) is 48.0 Å². The van der Waals surface area contributed by atoms with Crippen LogP contribution in [0.1, 0.15) is 19.3 Å². The highest BCUT2D eigenvalue weighted by atomic mass is 16.6. The summed E-state index contributed by atoms with van der Waals surface area (Å²) in [7, 11) is 0. The molecule has 5 heteroatoms. The lowest BCUT2D eigenvalue weighted by Crippen LogP contribution is -2.45. The first-order valence-electron chi connectivity index (χ1n) is 8.08. The maximum atomic E-state index is 12.6. The molecule has 5 nitrogen and oxygen atoms in total. The molecular formula is C17H21NO4. The molecular weight excluding hydrogens is 282 g/mol. The monoisotopic (exact) mass is 303 g/mol. The molecule has 0 radical (unpaired) electrons. The second-order valence-corrected chi connectivity index (χ2v) is 6.34. The number of nitrogens with zero attached hydrogens (tertiary/aromatic N) is 1. The molecule has 2 atom stereocenters. The third kappa shape index (κ3) is 2.90. The van der Waals surface area contributed by atoms with Gasteiger partial charge in [-0.2, -0.15) is 0 Å². The van der Waals surface area contributed by atoms with Gasteiger partial charge in [0.1, 0.15) is 6.61 Å². The van der Waals surface area contributed by atoms with E-state index >= 15 is 0 Å². The highest BCUT2D eigenvalue weighted by Crippen LogP contribution is 2.32. The molecule has 0 spiro atoms. The number of carbonyl (C=O) groups is 1. The Balaban J connectivity index is 1.32. The summed E-state index contributed by atoms with van der Waals surface area (Å²) in [5, 5.41) is 0. The van der Waals surface area contributed by atoms with E-state index in [-0.39, 0.29) is 18.6 Å². The molecule has 22 heavy (non-hydrogen) atoms. The Labute approximate surface area is 130 Å². The van der Waals surface area contributed by atoms with Crippen LogP contribution >= 0.6 is 0 Å². The van der Waals surface area contributed by atoms with Gasteiger partial charge in [-0.15, -0.1) is 0 Å². The third-order valence-corrected chi connectivity index (χ3v) is 4.51. The number of ether oxygens (including phenoxy) is 3. The normalized spacial score (nSPS) is 27.0. The van der Waals surface area contributed by atoms with Crippen molar-refractivity contribution in [2.75, 3.05) is 26.3 Å². The van der Waals surface area contributed by atoms with Crippen LogP contribution in [0.15, 0.2) is 24.3 Å². The molecule has 2 fully saturated rings. The van der Waals surface area contributed by atoms with Crippen LogP contribution in [-0.2, 0) is 9.53 Å². The van der Waals surface area contributed by atoms with Crippen LogP contribution < -0.4 is 9.47 Å². The molecule has 1 aliphatic carbocycles. The van der Waals surface area contributed by atoms with Gasteiger partial charge in [0.15, 0.2) is 11.5 Å². The minimum atomic E-state index is -0.544. The van der Waals surface area contributed by atoms with Gasteiger partial charge >= 0.3 is 0 Å². The molecule has 2 heterocycles. The summed E-state index contributed by atoms with van der Waals surface area (Å²) in [4.78, 5) is 14.4. The summed E-state index contributed by atoms with van der Waals surface area (Å²) < 4.78 is 17.3. The van der Waals surface area contributed by atoms with Gasteiger partial charge in [0.05, 0.1) is 6.10 Å². The van der Waals surface area contributed by atoms with E-state index in [1.54, 1.807) is 0 Å². The van der Waals surface area contributed by atoms with Gasteiger partial charge < -0.3 is 19.1 Å². The van der Waals surface area contributed by atoms with Crippen LogP contribution in [-0.4, -0.2) is 49.3 Å². The fourth-order valence-electron chi connectivity index (χ4n) is 2.97. The molecule has 1 aromatic carbocycles. The van der Waals surface area contributed by atoms with E-state index in [1.807, 2.05) is 29.2 Å². The van der Waals surface area contributed by atoms with E-state index in [1.165, 1.54) is 12.8 Å². The molecule has 1 amide bonds. The zero-order valence-electron chi connectivity index (χ0n) is 12.6. The summed E-state index contributed by atoms with van der Waals surface area (Å²) in [6.07, 6.45) is 3.14. The van der Waals surface area contributed by atoms with E-state index in [0.29, 0.717) is 18.0 Å². The first-order chi connectivity index (χ1) is 10.8. The van der Waals surface area contributed by atoms with Gasteiger partial charge in [-0.3, -0.25) is 4.79 Å². The SMILES string of the molecule is O=C(C1COc2ccccc2O1)N1CCC(OCC2CC2)C1. The van der Waals surface area contributed by atoms with Gasteiger partial charge in [-0.25, -0.2) is 0 Å². The summed E-state index contributed by atoms with van der Waals surface area (Å²) in [5.74, 6) is 2.12. The smallest absolute Gasteiger partial charge is 0.267 e. The second-order valence-electron chi connectivity index (χ2n) is 6.34. The Morgan fingerprint density at radius 2 is 2.05 bits per heavy atom. The van der Waals surface area contributed by atoms with Crippen LogP contribution in [0.25, 0.3) is 0 Å². The molecule has 3 aliphatic rings. The van der Waals surface area contributed by atoms with Crippen molar-refractivity contribution in [3.05, 3.63) is 24.3 Å². The first kappa shape index (κ1) is 13.9. The van der Waals surface area contributed by atoms with Crippen molar-refractivity contribution in [3.63, 3.8) is 0 Å². The van der Waals surface area contributed by atoms with Gasteiger partial charge in [0, 0.05) is 19.7 Å². The number of amides is 1. The number of rotatable bonds is 4. The van der Waals surface area contributed by atoms with E-state index < -0.39 is 6.10 Å². The number of benzene rings is 1. The molecule has 2 unspecified atom stereocenters. The average Bonchev–Trinajstić information content (AvgIpc) is 3.28. The van der Waals surface area contributed by atoms with E-state index in [4.69, 9.17) is 14.2 Å². The van der Waals surface area contributed by atoms with Crippen LogP contribution in [0.5, 0.6) is 11.5 Å². The average molecular weight is 303 g/mol. The fraction of sp³-hybridized carbons (Fsp3) is 0.588. The number of hydrogen-bond acceptors (Lipinski definition) is 4. The lowest BCUT2D eigenvalue weighted by molar-refractivity contribution is -0.140. The van der Waals surface area contributed by atoms with E-state index in [9.17, 15) is 4.79 Å². The van der Waals surface area contributed by atoms with Crippen molar-refractivity contribution < 1.29 is 19.0 Å². The zero-order valence-corrected chi connectivity index (χ0v) is 12.6. The van der Waals surface area contributed by atoms with E-state index in [2.05, 4.69) is 0 Å². The zero-order chi connectivity index (χ0) is 14.9. The van der Waals surface area contributed by atoms with Crippen molar-refractivity contribution in [1.29, 1.82) is 0 Å². The van der Waals surface area contributed by atoms with Gasteiger partial charge in [0.2, 0.25) is 6.10 Å².